The molecule has 0 aliphatic carbocycles. The van der Waals surface area contributed by atoms with Crippen LogP contribution < -0.4 is 0 Å². The number of carbonyl (C=O) groups excluding carboxylic acids is 3. The smallest absolute Gasteiger partial charge is 0.462 e. The number of rotatable bonds is 50. The van der Waals surface area contributed by atoms with Crippen LogP contribution in [0.4, 0.5) is 0 Å². The van der Waals surface area contributed by atoms with Crippen LogP contribution in [0.3, 0.4) is 0 Å². The van der Waals surface area contributed by atoms with Gasteiger partial charge >= 0.3 is 25.7 Å². The minimum atomic E-state index is -4.78. The maximum absolute atomic E-state index is 12.9. The predicted molar refractivity (Wildman–Crippen MR) is 297 cm³/mol. The maximum atomic E-state index is 12.9. The first-order valence-corrected chi connectivity index (χ1v) is 29.3. The van der Waals surface area contributed by atoms with Gasteiger partial charge in [0.15, 0.2) is 6.10 Å². The lowest BCUT2D eigenvalue weighted by molar-refractivity contribution is -0.161. The van der Waals surface area contributed by atoms with Crippen molar-refractivity contribution >= 4 is 25.7 Å². The molecule has 0 spiro atoms. The van der Waals surface area contributed by atoms with Gasteiger partial charge in [0, 0.05) is 19.3 Å². The van der Waals surface area contributed by atoms with Crippen LogP contribution in [-0.2, 0) is 42.2 Å². The number of unbranched alkanes of at least 4 members (excludes halogenated alkanes) is 15. The lowest BCUT2D eigenvalue weighted by Gasteiger charge is -2.21. The molecule has 0 aromatic rings. The first-order valence-electron chi connectivity index (χ1n) is 27.8. The molecule has 0 bridgehead atoms. The fraction of sp³-hybridized carbons (Fsp3) is 0.650. The Morgan fingerprint density at radius 1 is 0.403 bits per heavy atom. The van der Waals surface area contributed by atoms with E-state index < -0.39 is 57.8 Å². The Bertz CT molecular complexity index is 1620. The summed E-state index contributed by atoms with van der Waals surface area (Å²) < 4.78 is 39.4. The Labute approximate surface area is 437 Å². The van der Waals surface area contributed by atoms with Gasteiger partial charge in [0.05, 0.1) is 19.8 Å². The Morgan fingerprint density at radius 3 is 1.19 bits per heavy atom. The molecule has 0 fully saturated rings. The highest BCUT2D eigenvalue weighted by Crippen LogP contribution is 2.43. The number of aliphatic hydroxyl groups is 1. The Kier molecular flexibility index (Phi) is 50.6. The molecule has 2 N–H and O–H groups in total. The van der Waals surface area contributed by atoms with Gasteiger partial charge in [-0.15, -0.1) is 0 Å². The van der Waals surface area contributed by atoms with E-state index in [0.29, 0.717) is 19.3 Å². The molecule has 11 nitrogen and oxygen atoms in total. The molecule has 0 rings (SSSR count). The van der Waals surface area contributed by atoms with Gasteiger partial charge in [-0.1, -0.05) is 194 Å². The molecule has 3 unspecified atom stereocenters. The molecule has 0 aliphatic heterocycles. The van der Waals surface area contributed by atoms with Crippen LogP contribution in [0.5, 0.6) is 0 Å². The highest BCUT2D eigenvalue weighted by atomic mass is 31.2. The van der Waals surface area contributed by atoms with Crippen molar-refractivity contribution in [3.05, 3.63) is 109 Å². The van der Waals surface area contributed by atoms with Crippen LogP contribution in [0, 0.1) is 0 Å². The van der Waals surface area contributed by atoms with E-state index in [9.17, 15) is 28.9 Å². The van der Waals surface area contributed by atoms with Gasteiger partial charge in [-0.3, -0.25) is 23.4 Å². The molecular weight excluding hydrogens is 928 g/mol. The van der Waals surface area contributed by atoms with Crippen molar-refractivity contribution in [3.63, 3.8) is 0 Å². The molecule has 0 amide bonds. The summed E-state index contributed by atoms with van der Waals surface area (Å²) in [5, 5.41) is 9.78. The third kappa shape index (κ3) is 51.1. The molecule has 0 saturated heterocycles. The van der Waals surface area contributed by atoms with Crippen molar-refractivity contribution in [1.29, 1.82) is 0 Å². The highest BCUT2D eigenvalue weighted by molar-refractivity contribution is 7.47. The second-order valence-electron chi connectivity index (χ2n) is 18.0. The Morgan fingerprint density at radius 2 is 0.750 bits per heavy atom. The molecule has 3 atom stereocenters. The van der Waals surface area contributed by atoms with Gasteiger partial charge in [0.1, 0.15) is 12.7 Å². The first-order chi connectivity index (χ1) is 35.2. The molecule has 12 heteroatoms. The summed E-state index contributed by atoms with van der Waals surface area (Å²) in [5.41, 5.74) is 0. The van der Waals surface area contributed by atoms with Crippen molar-refractivity contribution in [1.82, 2.24) is 0 Å². The van der Waals surface area contributed by atoms with Crippen LogP contribution in [0.1, 0.15) is 213 Å². The van der Waals surface area contributed by atoms with Gasteiger partial charge in [-0.2, -0.15) is 0 Å². The summed E-state index contributed by atoms with van der Waals surface area (Å²) in [6, 6.07) is 0. The van der Waals surface area contributed by atoms with E-state index in [4.69, 9.17) is 23.3 Å². The molecule has 0 aromatic heterocycles. The number of phosphoric acid groups is 1. The molecule has 0 radical (unpaired) electrons. The fourth-order valence-corrected chi connectivity index (χ4v) is 7.79. The number of carbonyl (C=O) groups is 3. The summed E-state index contributed by atoms with van der Waals surface area (Å²) in [7, 11) is -4.78. The van der Waals surface area contributed by atoms with E-state index >= 15 is 0 Å². The number of phosphoric ester groups is 1. The third-order valence-electron chi connectivity index (χ3n) is 11.2. The van der Waals surface area contributed by atoms with Gasteiger partial charge in [0.25, 0.3) is 0 Å². The second kappa shape index (κ2) is 53.4. The number of hydrogen-bond acceptors (Lipinski definition) is 10. The normalized spacial score (nSPS) is 14.2. The molecule has 410 valence electrons. The largest absolute Gasteiger partial charge is 0.472 e. The van der Waals surface area contributed by atoms with E-state index in [2.05, 4.69) is 112 Å². The first kappa shape index (κ1) is 68.1. The molecule has 0 saturated carbocycles. The summed E-state index contributed by atoms with van der Waals surface area (Å²) in [6.45, 7) is 4.26. The number of ether oxygens (including phenoxy) is 3. The fourth-order valence-electron chi connectivity index (χ4n) is 7.00. The van der Waals surface area contributed by atoms with Gasteiger partial charge in [0.2, 0.25) is 0 Å². The SMILES string of the molecule is CC/C=C\C/C=C\C/C=C\C/C=C\CCC(=O)OC(CO)COP(=O)(O)OCC(COC(=O)CCCCCCCCC/C=C\C/C=C\C/C=C\CC)OC(=O)CCCCCCC/C=C\C/C=C\CCCCC. The van der Waals surface area contributed by atoms with Gasteiger partial charge < -0.3 is 24.2 Å². The number of esters is 3. The van der Waals surface area contributed by atoms with Gasteiger partial charge in [-0.25, -0.2) is 4.57 Å². The quantitative estimate of drug-likeness (QED) is 0.0197. The number of hydrogen-bond donors (Lipinski definition) is 2. The van der Waals surface area contributed by atoms with E-state index in [1.54, 1.807) is 0 Å². The zero-order chi connectivity index (χ0) is 52.7. The third-order valence-corrected chi connectivity index (χ3v) is 12.1. The average molecular weight is 1030 g/mol. The summed E-state index contributed by atoms with van der Waals surface area (Å²) in [4.78, 5) is 48.4. The lowest BCUT2D eigenvalue weighted by atomic mass is 10.1. The van der Waals surface area contributed by atoms with E-state index in [1.165, 1.54) is 32.1 Å². The van der Waals surface area contributed by atoms with Crippen LogP contribution in [0.25, 0.3) is 0 Å². The highest BCUT2D eigenvalue weighted by Gasteiger charge is 2.28. The van der Waals surface area contributed by atoms with Crippen LogP contribution >= 0.6 is 7.82 Å². The molecule has 0 heterocycles. The lowest BCUT2D eigenvalue weighted by Crippen LogP contribution is -2.30. The summed E-state index contributed by atoms with van der Waals surface area (Å²) >= 11 is 0. The minimum Gasteiger partial charge on any atom is -0.462 e. The van der Waals surface area contributed by atoms with Crippen molar-refractivity contribution in [2.45, 2.75) is 226 Å². The van der Waals surface area contributed by atoms with Crippen molar-refractivity contribution in [3.8, 4) is 0 Å². The summed E-state index contributed by atoms with van der Waals surface area (Å²) in [6.07, 6.45) is 63.5. The van der Waals surface area contributed by atoms with Crippen LogP contribution in [-0.4, -0.2) is 66.5 Å². The predicted octanol–water partition coefficient (Wildman–Crippen LogP) is 16.2. The molecule has 72 heavy (non-hydrogen) atoms. The molecular formula is C60H99O11P. The maximum Gasteiger partial charge on any atom is 0.472 e. The molecule has 0 aromatic carbocycles. The Hall–Kier alpha value is -3.86. The number of allylic oxidation sites excluding steroid dienone is 18. The van der Waals surface area contributed by atoms with E-state index in [1.807, 2.05) is 18.2 Å². The average Bonchev–Trinajstić information content (AvgIpc) is 3.37. The topological polar surface area (TPSA) is 155 Å². The minimum absolute atomic E-state index is 0.0496. The van der Waals surface area contributed by atoms with E-state index in [-0.39, 0.29) is 25.9 Å². The van der Waals surface area contributed by atoms with Crippen molar-refractivity contribution in [2.24, 2.45) is 0 Å². The summed E-state index contributed by atoms with van der Waals surface area (Å²) in [5.74, 6) is -1.59. The molecule has 0 aliphatic rings. The van der Waals surface area contributed by atoms with Gasteiger partial charge in [-0.05, 0) is 109 Å². The van der Waals surface area contributed by atoms with Crippen LogP contribution in [0.15, 0.2) is 109 Å². The zero-order valence-corrected chi connectivity index (χ0v) is 46.0. The zero-order valence-electron chi connectivity index (χ0n) is 45.1. The second-order valence-corrected chi connectivity index (χ2v) is 19.4. The standard InChI is InChI=1S/C60H99O11P/c1-4-7-10-13-16-19-22-25-27-28-30-32-34-37-40-43-46-49-58(62)67-53-57(71-60(64)51-48-45-42-39-36-33-29-26-23-20-17-14-11-8-5-2)55-69-72(65,66)68-54-56(52-61)70-59(63)50-47-44-41-38-35-31-24-21-18-15-12-9-6-3/h7,9-10,12,16-21,25-27,29,31,35,41,44,56-57,61H,4-6,8,11,13-15,22-24,28,30,32-34,36-40,42-43,45-55H2,1-3H3,(H,65,66)/b10-7-,12-9-,19-16-,20-17-,21-18-,27-25-,29-26-,35-31-,44-41-. The monoisotopic (exact) mass is 1030 g/mol. The van der Waals surface area contributed by atoms with Crippen molar-refractivity contribution < 1.29 is 52.2 Å². The van der Waals surface area contributed by atoms with Crippen molar-refractivity contribution in [2.75, 3.05) is 26.4 Å². The van der Waals surface area contributed by atoms with Crippen LogP contribution in [0.2, 0.25) is 0 Å². The van der Waals surface area contributed by atoms with E-state index in [0.717, 1.165) is 122 Å². The Balaban J connectivity index is 4.84. The number of aliphatic hydroxyl groups excluding tert-OH is 1.